The first-order valence-corrected chi connectivity index (χ1v) is 17.2. The summed E-state index contributed by atoms with van der Waals surface area (Å²) < 4.78 is 57.3. The Morgan fingerprint density at radius 2 is 1.70 bits per heavy atom. The molecule has 1 aliphatic carbocycles. The Morgan fingerprint density at radius 3 is 2.33 bits per heavy atom. The first-order valence-electron chi connectivity index (χ1n) is 15.6. The number of anilines is 4. The number of alkyl halides is 1. The smallest absolute Gasteiger partial charge is 0.416 e. The van der Waals surface area contributed by atoms with Crippen molar-refractivity contribution in [3.05, 3.63) is 81.1 Å². The van der Waals surface area contributed by atoms with Crippen molar-refractivity contribution in [1.82, 2.24) is 4.57 Å². The minimum atomic E-state index is -4.00. The van der Waals surface area contributed by atoms with E-state index in [1.807, 2.05) is 51.1 Å². The number of halogens is 1. The zero-order chi connectivity index (χ0) is 33.8. The van der Waals surface area contributed by atoms with Crippen LogP contribution in [-0.2, 0) is 39.3 Å². The molecular weight excluding hydrogens is 611 g/mol. The number of benzene rings is 2. The molecule has 10 nitrogen and oxygen atoms in total. The number of ether oxygens (including phenoxy) is 2. The van der Waals surface area contributed by atoms with E-state index in [1.54, 1.807) is 45.9 Å². The van der Waals surface area contributed by atoms with Gasteiger partial charge in [0.2, 0.25) is 10.0 Å². The minimum Gasteiger partial charge on any atom is -0.443 e. The molecule has 0 atom stereocenters. The Bertz CT molecular complexity index is 1710. The Labute approximate surface area is 271 Å². The summed E-state index contributed by atoms with van der Waals surface area (Å²) in [6.07, 6.45) is -0.355. The molecule has 1 fully saturated rings. The van der Waals surface area contributed by atoms with E-state index in [0.29, 0.717) is 30.7 Å². The maximum Gasteiger partial charge on any atom is 0.416 e. The molecule has 2 aromatic carbocycles. The van der Waals surface area contributed by atoms with Gasteiger partial charge in [-0.25, -0.2) is 17.6 Å². The fraction of sp³-hybridized carbons (Fsp3) is 0.471. The van der Waals surface area contributed by atoms with Gasteiger partial charge in [0.15, 0.2) is 0 Å². The van der Waals surface area contributed by atoms with Gasteiger partial charge < -0.3 is 14.8 Å². The van der Waals surface area contributed by atoms with E-state index in [0.717, 1.165) is 11.1 Å². The van der Waals surface area contributed by atoms with E-state index in [2.05, 4.69) is 10.0 Å². The third kappa shape index (κ3) is 7.72. The van der Waals surface area contributed by atoms with Crippen LogP contribution in [0.15, 0.2) is 53.3 Å². The third-order valence-corrected chi connectivity index (χ3v) is 9.57. The summed E-state index contributed by atoms with van der Waals surface area (Å²) >= 11 is 0. The molecule has 3 aromatic rings. The van der Waals surface area contributed by atoms with Crippen molar-refractivity contribution in [2.75, 3.05) is 21.5 Å². The van der Waals surface area contributed by atoms with E-state index in [4.69, 9.17) is 9.47 Å². The molecule has 12 heteroatoms. The molecule has 1 amide bonds. The van der Waals surface area contributed by atoms with Crippen LogP contribution in [0.25, 0.3) is 0 Å². The molecule has 0 unspecified atom stereocenters. The van der Waals surface area contributed by atoms with E-state index >= 15 is 0 Å². The van der Waals surface area contributed by atoms with Crippen LogP contribution in [0, 0.1) is 13.8 Å². The van der Waals surface area contributed by atoms with Crippen LogP contribution >= 0.6 is 0 Å². The van der Waals surface area contributed by atoms with Gasteiger partial charge in [-0.15, -0.1) is 0 Å². The summed E-state index contributed by atoms with van der Waals surface area (Å²) in [6, 6.07) is 14.8. The van der Waals surface area contributed by atoms with Gasteiger partial charge in [-0.05, 0) is 59.1 Å². The lowest BCUT2D eigenvalue weighted by Gasteiger charge is -2.35. The van der Waals surface area contributed by atoms with Crippen molar-refractivity contribution >= 4 is 39.0 Å². The van der Waals surface area contributed by atoms with E-state index < -0.39 is 39.2 Å². The molecule has 1 saturated carbocycles. The highest BCUT2D eigenvalue weighted by molar-refractivity contribution is 7.93. The van der Waals surface area contributed by atoms with E-state index in [9.17, 15) is 22.4 Å². The number of pyridine rings is 1. The van der Waals surface area contributed by atoms with Gasteiger partial charge in [0.05, 0.1) is 23.6 Å². The Hall–Kier alpha value is -3.90. The van der Waals surface area contributed by atoms with Gasteiger partial charge in [-0.3, -0.25) is 19.0 Å². The molecule has 1 aromatic heterocycles. The number of aryl methyl sites for hydroxylation is 1. The van der Waals surface area contributed by atoms with Gasteiger partial charge in [-0.1, -0.05) is 61.9 Å². The fourth-order valence-electron chi connectivity index (χ4n) is 5.39. The highest BCUT2D eigenvalue weighted by Crippen LogP contribution is 2.42. The second kappa shape index (κ2) is 14.3. The van der Waals surface area contributed by atoms with E-state index in [1.165, 1.54) is 9.47 Å². The van der Waals surface area contributed by atoms with Crippen molar-refractivity contribution in [3.8, 4) is 0 Å². The lowest BCUT2D eigenvalue weighted by atomic mass is 9.95. The van der Waals surface area contributed by atoms with Crippen molar-refractivity contribution in [1.29, 1.82) is 0 Å². The monoisotopic (exact) mass is 656 g/mol. The molecular formula is C34H45FN4O6S. The van der Waals surface area contributed by atoms with Crippen LogP contribution < -0.4 is 20.5 Å². The maximum atomic E-state index is 14.0. The van der Waals surface area contributed by atoms with Crippen LogP contribution in [0.3, 0.4) is 0 Å². The molecule has 0 saturated heterocycles. The van der Waals surface area contributed by atoms with Gasteiger partial charge in [0.1, 0.15) is 23.8 Å². The molecule has 46 heavy (non-hydrogen) atoms. The number of nitrogens with one attached hydrogen (secondary N) is 2. The maximum absolute atomic E-state index is 14.0. The fourth-order valence-corrected chi connectivity index (χ4v) is 6.97. The molecule has 1 aliphatic heterocycles. The molecule has 2 N–H and O–H groups in total. The summed E-state index contributed by atoms with van der Waals surface area (Å²) in [4.78, 5) is 28.1. The average Bonchev–Trinajstić information content (AvgIpc) is 3.44. The van der Waals surface area contributed by atoms with Gasteiger partial charge in [0, 0.05) is 29.9 Å². The quantitative estimate of drug-likeness (QED) is 0.256. The van der Waals surface area contributed by atoms with Crippen LogP contribution in [0.2, 0.25) is 0 Å². The molecule has 0 bridgehead atoms. The number of rotatable bonds is 9. The van der Waals surface area contributed by atoms with E-state index in [-0.39, 0.29) is 41.9 Å². The number of aromatic nitrogens is 1. The van der Waals surface area contributed by atoms with Crippen LogP contribution in [0.5, 0.6) is 0 Å². The Kier molecular flexibility index (Phi) is 10.8. The summed E-state index contributed by atoms with van der Waals surface area (Å²) in [5, 5.41) is 2.38. The van der Waals surface area contributed by atoms with Gasteiger partial charge >= 0.3 is 6.09 Å². The number of carbonyl (C=O) groups is 1. The normalized spacial score (nSPS) is 17.3. The molecule has 250 valence electrons. The van der Waals surface area contributed by atoms with Gasteiger partial charge in [0.25, 0.3) is 5.56 Å². The second-order valence-corrected chi connectivity index (χ2v) is 14.3. The third-order valence-electron chi connectivity index (χ3n) is 7.81. The summed E-state index contributed by atoms with van der Waals surface area (Å²) in [5.74, 6) is 0.0750. The predicted molar refractivity (Wildman–Crippen MR) is 180 cm³/mol. The number of fused-ring (bicyclic) bond motifs is 1. The SMILES string of the molecule is CC.Cc1ccc(Nc2c(NS(=O)(=O)C3CC(OCc4ccccc4)C3)c3n(c(=O)c2C)CCN3C(=O)OC(C)(C)C)c(CF)c1. The van der Waals surface area contributed by atoms with Gasteiger partial charge in [-0.2, -0.15) is 0 Å². The van der Waals surface area contributed by atoms with Crippen molar-refractivity contribution < 1.29 is 27.1 Å². The average molecular weight is 657 g/mol. The van der Waals surface area contributed by atoms with Crippen LogP contribution in [-0.4, -0.2) is 42.6 Å². The molecule has 0 radical (unpaired) electrons. The van der Waals surface area contributed by atoms with Crippen molar-refractivity contribution in [3.63, 3.8) is 0 Å². The topological polar surface area (TPSA) is 119 Å². The first-order chi connectivity index (χ1) is 21.8. The highest BCUT2D eigenvalue weighted by Gasteiger charge is 2.42. The summed E-state index contributed by atoms with van der Waals surface area (Å²) in [5.41, 5.74) is 1.75. The van der Waals surface area contributed by atoms with Crippen molar-refractivity contribution in [2.24, 2.45) is 0 Å². The number of amides is 1. The number of hydrogen-bond acceptors (Lipinski definition) is 7. The zero-order valence-electron chi connectivity index (χ0n) is 27.6. The molecule has 2 aliphatic rings. The number of carbonyl (C=O) groups excluding carboxylic acids is 1. The van der Waals surface area contributed by atoms with Crippen LogP contribution in [0.4, 0.5) is 32.1 Å². The number of nitrogens with zero attached hydrogens (tertiary/aromatic N) is 2. The molecule has 5 rings (SSSR count). The predicted octanol–water partition coefficient (Wildman–Crippen LogP) is 6.95. The highest BCUT2D eigenvalue weighted by atomic mass is 32.2. The zero-order valence-corrected chi connectivity index (χ0v) is 28.5. The Morgan fingerprint density at radius 1 is 1.02 bits per heavy atom. The van der Waals surface area contributed by atoms with Crippen LogP contribution in [0.1, 0.15) is 69.7 Å². The summed E-state index contributed by atoms with van der Waals surface area (Å²) in [7, 11) is -4.00. The standard InChI is InChI=1S/C32H39FN4O6S.C2H6/c1-20-11-12-26(23(15-20)18-33)34-27-21(2)30(38)36-13-14-37(31(39)43-32(3,4)5)29(36)28(27)35-44(40,41)25-16-24(17-25)42-19-22-9-7-6-8-10-22;1-2/h6-12,15,24-25,34-35H,13-14,16-19H2,1-5H3;1-2H3. The molecule has 0 spiro atoms. The summed E-state index contributed by atoms with van der Waals surface area (Å²) in [6.45, 7) is 12.5. The lowest BCUT2D eigenvalue weighted by Crippen LogP contribution is -2.44. The number of sulfonamides is 1. The first kappa shape index (κ1) is 35.0. The lowest BCUT2D eigenvalue weighted by molar-refractivity contribution is -0.00642. The van der Waals surface area contributed by atoms with Crippen molar-refractivity contribution in [2.45, 2.75) is 98.1 Å². The number of hydrogen-bond donors (Lipinski definition) is 2. The molecule has 2 heterocycles. The minimum absolute atomic E-state index is 0.0319. The largest absolute Gasteiger partial charge is 0.443 e. The second-order valence-electron chi connectivity index (χ2n) is 12.4. The Balaban J connectivity index is 0.00000235.